The molecule has 0 saturated carbocycles. The quantitative estimate of drug-likeness (QED) is 0.603. The van der Waals surface area contributed by atoms with Crippen molar-refractivity contribution in [2.45, 2.75) is 30.4 Å². The van der Waals surface area contributed by atoms with Crippen molar-refractivity contribution >= 4 is 44.3 Å². The number of carbonyl (C=O) groups is 1. The number of aryl methyl sites for hydroxylation is 1. The maximum atomic E-state index is 12.6. The van der Waals surface area contributed by atoms with Gasteiger partial charge in [-0.15, -0.1) is 0 Å². The van der Waals surface area contributed by atoms with Gasteiger partial charge in [0.25, 0.3) is 10.0 Å². The van der Waals surface area contributed by atoms with Crippen LogP contribution in [0.15, 0.2) is 47.4 Å². The number of nitrogens with one attached hydrogen (secondary N) is 2. The molecular weight excluding hydrogens is 428 g/mol. The SMILES string of the molecule is Cn1c(CNC(=O)[C@@H]2CCCO2)nc2cc(NS(=O)(=O)c3ccc(Cl)cc3)ccc21. The maximum absolute atomic E-state index is 12.6. The number of nitrogens with zero attached hydrogens (tertiary/aromatic N) is 2. The van der Waals surface area contributed by atoms with Gasteiger partial charge in [0.1, 0.15) is 11.9 Å². The molecule has 2 aromatic carbocycles. The maximum Gasteiger partial charge on any atom is 0.261 e. The average molecular weight is 449 g/mol. The van der Waals surface area contributed by atoms with E-state index in [0.717, 1.165) is 18.4 Å². The van der Waals surface area contributed by atoms with Crippen LogP contribution < -0.4 is 10.0 Å². The van der Waals surface area contributed by atoms with Gasteiger partial charge in [0.15, 0.2) is 0 Å². The standard InChI is InChI=1S/C20H21ClN4O4S/c1-25-17-9-6-14(24-30(27,28)15-7-4-13(21)5-8-15)11-16(17)23-19(25)12-22-20(26)18-3-2-10-29-18/h4-9,11,18,24H,2-3,10,12H2,1H3,(H,22,26)/t18-/m0/s1. The highest BCUT2D eigenvalue weighted by atomic mass is 35.5. The van der Waals surface area contributed by atoms with E-state index >= 15 is 0 Å². The number of fused-ring (bicyclic) bond motifs is 1. The largest absolute Gasteiger partial charge is 0.368 e. The molecule has 1 aromatic heterocycles. The summed E-state index contributed by atoms with van der Waals surface area (Å²) in [6.45, 7) is 0.870. The van der Waals surface area contributed by atoms with Crippen molar-refractivity contribution in [3.05, 3.63) is 53.3 Å². The fraction of sp³-hybridized carbons (Fsp3) is 0.300. The summed E-state index contributed by atoms with van der Waals surface area (Å²) in [7, 11) is -1.90. The Kier molecular flexibility index (Phi) is 5.68. The minimum atomic E-state index is -3.75. The second-order valence-electron chi connectivity index (χ2n) is 7.07. The molecule has 1 amide bonds. The zero-order valence-electron chi connectivity index (χ0n) is 16.3. The number of benzene rings is 2. The molecule has 4 rings (SSSR count). The number of sulfonamides is 1. The van der Waals surface area contributed by atoms with Crippen LogP contribution in [-0.4, -0.2) is 36.6 Å². The molecule has 158 valence electrons. The van der Waals surface area contributed by atoms with Gasteiger partial charge in [-0.3, -0.25) is 9.52 Å². The summed E-state index contributed by atoms with van der Waals surface area (Å²) in [5.74, 6) is 0.519. The third-order valence-corrected chi connectivity index (χ3v) is 6.64. The fourth-order valence-corrected chi connectivity index (χ4v) is 4.54. The van der Waals surface area contributed by atoms with Crippen LogP contribution in [0.2, 0.25) is 5.02 Å². The molecule has 3 aromatic rings. The lowest BCUT2D eigenvalue weighted by Gasteiger charge is -2.10. The van der Waals surface area contributed by atoms with Gasteiger partial charge in [0, 0.05) is 18.7 Å². The number of hydrogen-bond acceptors (Lipinski definition) is 5. The van der Waals surface area contributed by atoms with Gasteiger partial charge >= 0.3 is 0 Å². The number of amides is 1. The molecule has 0 spiro atoms. The first-order valence-corrected chi connectivity index (χ1v) is 11.3. The van der Waals surface area contributed by atoms with Crippen molar-refractivity contribution in [3.8, 4) is 0 Å². The molecule has 2 N–H and O–H groups in total. The number of anilines is 1. The van der Waals surface area contributed by atoms with Crippen LogP contribution in [-0.2, 0) is 33.1 Å². The third kappa shape index (κ3) is 4.28. The highest BCUT2D eigenvalue weighted by Gasteiger charge is 2.23. The van der Waals surface area contributed by atoms with E-state index in [1.807, 2.05) is 11.6 Å². The van der Waals surface area contributed by atoms with Gasteiger partial charge in [-0.2, -0.15) is 0 Å². The lowest BCUT2D eigenvalue weighted by Crippen LogP contribution is -2.34. The normalized spacial score (nSPS) is 16.7. The summed E-state index contributed by atoms with van der Waals surface area (Å²) in [5.41, 5.74) is 1.84. The van der Waals surface area contributed by atoms with Gasteiger partial charge in [-0.1, -0.05) is 11.6 Å². The third-order valence-electron chi connectivity index (χ3n) is 4.99. The molecule has 1 aliphatic heterocycles. The first kappa shape index (κ1) is 20.6. The van der Waals surface area contributed by atoms with E-state index in [4.69, 9.17) is 16.3 Å². The molecule has 0 unspecified atom stereocenters. The van der Waals surface area contributed by atoms with Gasteiger partial charge in [0.2, 0.25) is 5.91 Å². The molecule has 1 aliphatic rings. The summed E-state index contributed by atoms with van der Waals surface area (Å²) >= 11 is 5.83. The molecule has 1 saturated heterocycles. The van der Waals surface area contributed by atoms with Gasteiger partial charge < -0.3 is 14.6 Å². The van der Waals surface area contributed by atoms with Crippen LogP contribution in [0, 0.1) is 0 Å². The highest BCUT2D eigenvalue weighted by molar-refractivity contribution is 7.92. The minimum Gasteiger partial charge on any atom is -0.368 e. The van der Waals surface area contributed by atoms with Crippen LogP contribution in [0.1, 0.15) is 18.7 Å². The van der Waals surface area contributed by atoms with Crippen molar-refractivity contribution in [3.63, 3.8) is 0 Å². The number of ether oxygens (including phenoxy) is 1. The number of imidazole rings is 1. The Hall–Kier alpha value is -2.62. The van der Waals surface area contributed by atoms with Crippen LogP contribution in [0.4, 0.5) is 5.69 Å². The molecule has 30 heavy (non-hydrogen) atoms. The van der Waals surface area contributed by atoms with Crippen molar-refractivity contribution in [1.29, 1.82) is 0 Å². The highest BCUT2D eigenvalue weighted by Crippen LogP contribution is 2.23. The van der Waals surface area contributed by atoms with Gasteiger partial charge in [-0.05, 0) is 55.3 Å². The van der Waals surface area contributed by atoms with E-state index < -0.39 is 16.1 Å². The molecule has 2 heterocycles. The summed E-state index contributed by atoms with van der Waals surface area (Å²) < 4.78 is 35.0. The number of rotatable bonds is 6. The number of carbonyl (C=O) groups excluding carboxylic acids is 1. The number of aromatic nitrogens is 2. The summed E-state index contributed by atoms with van der Waals surface area (Å²) in [5, 5.41) is 3.31. The summed E-state index contributed by atoms with van der Waals surface area (Å²) in [6.07, 6.45) is 1.22. The van der Waals surface area contributed by atoms with E-state index in [2.05, 4.69) is 15.0 Å². The lowest BCUT2D eigenvalue weighted by atomic mass is 10.2. The summed E-state index contributed by atoms with van der Waals surface area (Å²) in [6, 6.07) is 11.1. The molecule has 1 atom stereocenters. The van der Waals surface area contributed by atoms with Crippen molar-refractivity contribution in [2.75, 3.05) is 11.3 Å². The molecule has 8 nitrogen and oxygen atoms in total. The van der Waals surface area contributed by atoms with E-state index in [-0.39, 0.29) is 17.3 Å². The van der Waals surface area contributed by atoms with E-state index in [1.54, 1.807) is 18.2 Å². The van der Waals surface area contributed by atoms with Crippen molar-refractivity contribution in [1.82, 2.24) is 14.9 Å². The Labute approximate surface area is 179 Å². The Morgan fingerprint density at radius 1 is 1.27 bits per heavy atom. The van der Waals surface area contributed by atoms with Crippen molar-refractivity contribution in [2.24, 2.45) is 7.05 Å². The van der Waals surface area contributed by atoms with Crippen LogP contribution in [0.5, 0.6) is 0 Å². The van der Waals surface area contributed by atoms with E-state index in [0.29, 0.717) is 28.7 Å². The smallest absolute Gasteiger partial charge is 0.261 e. The zero-order chi connectivity index (χ0) is 21.3. The van der Waals surface area contributed by atoms with E-state index in [9.17, 15) is 13.2 Å². The summed E-state index contributed by atoms with van der Waals surface area (Å²) in [4.78, 5) is 16.8. The monoisotopic (exact) mass is 448 g/mol. The first-order chi connectivity index (χ1) is 14.3. The minimum absolute atomic E-state index is 0.116. The Balaban J connectivity index is 1.51. The Morgan fingerprint density at radius 3 is 2.73 bits per heavy atom. The topological polar surface area (TPSA) is 102 Å². The van der Waals surface area contributed by atoms with Crippen molar-refractivity contribution < 1.29 is 17.9 Å². The van der Waals surface area contributed by atoms with Crippen LogP contribution in [0.3, 0.4) is 0 Å². The predicted octanol–water partition coefficient (Wildman–Crippen LogP) is 2.82. The lowest BCUT2D eigenvalue weighted by molar-refractivity contribution is -0.130. The average Bonchev–Trinajstić information content (AvgIpc) is 3.35. The fourth-order valence-electron chi connectivity index (χ4n) is 3.36. The van der Waals surface area contributed by atoms with Crippen LogP contribution >= 0.6 is 11.6 Å². The van der Waals surface area contributed by atoms with Gasteiger partial charge in [-0.25, -0.2) is 13.4 Å². The van der Waals surface area contributed by atoms with Crippen LogP contribution in [0.25, 0.3) is 11.0 Å². The second-order valence-corrected chi connectivity index (χ2v) is 9.19. The number of hydrogen-bond donors (Lipinski definition) is 2. The first-order valence-electron chi connectivity index (χ1n) is 9.46. The molecule has 0 bridgehead atoms. The zero-order valence-corrected chi connectivity index (χ0v) is 17.8. The predicted molar refractivity (Wildman–Crippen MR) is 114 cm³/mol. The second kappa shape index (κ2) is 8.25. The Bertz CT molecular complexity index is 1190. The van der Waals surface area contributed by atoms with E-state index in [1.165, 1.54) is 24.3 Å². The molecule has 0 radical (unpaired) electrons. The molecular formula is C20H21ClN4O4S. The van der Waals surface area contributed by atoms with Gasteiger partial charge in [0.05, 0.1) is 28.2 Å². The number of halogens is 1. The molecule has 0 aliphatic carbocycles. The molecule has 10 heteroatoms. The Morgan fingerprint density at radius 2 is 2.03 bits per heavy atom. The molecule has 1 fully saturated rings.